The molecule has 0 radical (unpaired) electrons. The first-order chi connectivity index (χ1) is 8.09. The van der Waals surface area contributed by atoms with Crippen molar-refractivity contribution < 1.29 is 9.47 Å². The molecule has 2 rings (SSSR count). The molecule has 94 valence electrons. The molecule has 1 heterocycles. The van der Waals surface area contributed by atoms with Crippen molar-refractivity contribution >= 4 is 0 Å². The van der Waals surface area contributed by atoms with Crippen molar-refractivity contribution in [3.8, 4) is 5.75 Å². The number of hydrogen-bond donors (Lipinski definition) is 1. The first-order valence-electron chi connectivity index (χ1n) is 6.07. The van der Waals surface area contributed by atoms with Crippen LogP contribution in [0.5, 0.6) is 5.75 Å². The highest BCUT2D eigenvalue weighted by atomic mass is 16.5. The Bertz CT molecular complexity index is 359. The third-order valence-corrected chi connectivity index (χ3v) is 3.02. The van der Waals surface area contributed by atoms with E-state index in [0.29, 0.717) is 6.04 Å². The average molecular weight is 235 g/mol. The summed E-state index contributed by atoms with van der Waals surface area (Å²) >= 11 is 0. The molecule has 0 aromatic heterocycles. The maximum atomic E-state index is 5.63. The molecule has 3 heteroatoms. The van der Waals surface area contributed by atoms with Gasteiger partial charge in [-0.2, -0.15) is 0 Å². The second kappa shape index (κ2) is 5.07. The van der Waals surface area contributed by atoms with Gasteiger partial charge in [-0.25, -0.2) is 0 Å². The van der Waals surface area contributed by atoms with Crippen LogP contribution in [0.3, 0.4) is 0 Å². The molecule has 1 atom stereocenters. The number of methoxy groups -OCH3 is 1. The minimum atomic E-state index is 0.0788. The lowest BCUT2D eigenvalue weighted by Crippen LogP contribution is -2.56. The predicted molar refractivity (Wildman–Crippen MR) is 68.5 cm³/mol. The molecule has 1 aromatic carbocycles. The van der Waals surface area contributed by atoms with Crippen LogP contribution in [0.15, 0.2) is 24.3 Å². The molecule has 1 N–H and O–H groups in total. The molecule has 1 saturated heterocycles. The maximum absolute atomic E-state index is 5.63. The molecule has 0 bridgehead atoms. The lowest BCUT2D eigenvalue weighted by Gasteiger charge is -2.37. The molecule has 0 aliphatic carbocycles. The smallest absolute Gasteiger partial charge is 0.118 e. The minimum absolute atomic E-state index is 0.0788. The highest BCUT2D eigenvalue weighted by Gasteiger charge is 2.27. The van der Waals surface area contributed by atoms with E-state index in [2.05, 4.69) is 31.3 Å². The molecule has 17 heavy (non-hydrogen) atoms. The quantitative estimate of drug-likeness (QED) is 0.869. The van der Waals surface area contributed by atoms with Crippen molar-refractivity contribution in [2.24, 2.45) is 0 Å². The van der Waals surface area contributed by atoms with Gasteiger partial charge in [0.05, 0.1) is 20.3 Å². The van der Waals surface area contributed by atoms with Crippen LogP contribution in [0.4, 0.5) is 0 Å². The van der Waals surface area contributed by atoms with E-state index in [-0.39, 0.29) is 5.54 Å². The fourth-order valence-electron chi connectivity index (χ4n) is 2.25. The zero-order chi connectivity index (χ0) is 12.3. The van der Waals surface area contributed by atoms with Crippen LogP contribution >= 0.6 is 0 Å². The van der Waals surface area contributed by atoms with Crippen molar-refractivity contribution in [1.29, 1.82) is 0 Å². The van der Waals surface area contributed by atoms with Crippen molar-refractivity contribution in [3.63, 3.8) is 0 Å². The van der Waals surface area contributed by atoms with Gasteiger partial charge in [-0.1, -0.05) is 12.1 Å². The van der Waals surface area contributed by atoms with Gasteiger partial charge in [-0.3, -0.25) is 0 Å². The summed E-state index contributed by atoms with van der Waals surface area (Å²) in [7, 11) is 1.69. The van der Waals surface area contributed by atoms with Crippen LogP contribution < -0.4 is 10.1 Å². The molecule has 0 spiro atoms. The van der Waals surface area contributed by atoms with Gasteiger partial charge >= 0.3 is 0 Å². The average Bonchev–Trinajstić information content (AvgIpc) is 2.29. The lowest BCUT2D eigenvalue weighted by atomic mass is 9.99. The summed E-state index contributed by atoms with van der Waals surface area (Å²) in [4.78, 5) is 0. The summed E-state index contributed by atoms with van der Waals surface area (Å²) in [6.07, 6.45) is 0.993. The number of morpholine rings is 1. The Morgan fingerprint density at radius 2 is 2.06 bits per heavy atom. The van der Waals surface area contributed by atoms with E-state index in [0.717, 1.165) is 25.4 Å². The van der Waals surface area contributed by atoms with Crippen molar-refractivity contribution in [3.05, 3.63) is 29.8 Å². The van der Waals surface area contributed by atoms with Crippen LogP contribution in [-0.2, 0) is 11.2 Å². The van der Waals surface area contributed by atoms with Gasteiger partial charge in [0.25, 0.3) is 0 Å². The van der Waals surface area contributed by atoms with Gasteiger partial charge in [-0.05, 0) is 38.0 Å². The first kappa shape index (κ1) is 12.4. The number of hydrogen-bond acceptors (Lipinski definition) is 3. The van der Waals surface area contributed by atoms with E-state index in [9.17, 15) is 0 Å². The third kappa shape index (κ3) is 3.45. The van der Waals surface area contributed by atoms with Crippen LogP contribution in [0.25, 0.3) is 0 Å². The molecule has 0 amide bonds. The second-order valence-corrected chi connectivity index (χ2v) is 5.29. The van der Waals surface area contributed by atoms with Gasteiger partial charge in [-0.15, -0.1) is 0 Å². The number of rotatable bonds is 3. The van der Waals surface area contributed by atoms with Crippen molar-refractivity contribution in [2.75, 3.05) is 20.3 Å². The van der Waals surface area contributed by atoms with E-state index in [1.165, 1.54) is 5.56 Å². The Kier molecular flexibility index (Phi) is 3.69. The SMILES string of the molecule is COc1ccc(CC2COCC(C)(C)N2)cc1. The van der Waals surface area contributed by atoms with E-state index in [1.54, 1.807) is 7.11 Å². The molecule has 1 aliphatic rings. The zero-order valence-corrected chi connectivity index (χ0v) is 10.8. The Hall–Kier alpha value is -1.06. The summed E-state index contributed by atoms with van der Waals surface area (Å²) in [5.41, 5.74) is 1.39. The second-order valence-electron chi connectivity index (χ2n) is 5.29. The highest BCUT2D eigenvalue weighted by Crippen LogP contribution is 2.16. The molecule has 1 aromatic rings. The molecule has 1 unspecified atom stereocenters. The zero-order valence-electron chi connectivity index (χ0n) is 10.8. The first-order valence-corrected chi connectivity index (χ1v) is 6.07. The van der Waals surface area contributed by atoms with E-state index < -0.39 is 0 Å². The Balaban J connectivity index is 1.95. The molecule has 1 fully saturated rings. The molecular formula is C14H21NO2. The Morgan fingerprint density at radius 3 is 2.65 bits per heavy atom. The third-order valence-electron chi connectivity index (χ3n) is 3.02. The fourth-order valence-corrected chi connectivity index (χ4v) is 2.25. The molecule has 1 aliphatic heterocycles. The molecular weight excluding hydrogens is 214 g/mol. The molecule has 3 nitrogen and oxygen atoms in total. The van der Waals surface area contributed by atoms with Crippen LogP contribution in [-0.4, -0.2) is 31.9 Å². The fraction of sp³-hybridized carbons (Fsp3) is 0.571. The van der Waals surface area contributed by atoms with Gasteiger partial charge < -0.3 is 14.8 Å². The topological polar surface area (TPSA) is 30.5 Å². The lowest BCUT2D eigenvalue weighted by molar-refractivity contribution is 0.0135. The number of benzene rings is 1. The summed E-state index contributed by atoms with van der Waals surface area (Å²) in [6, 6.07) is 8.63. The normalized spacial score (nSPS) is 23.4. The van der Waals surface area contributed by atoms with Crippen molar-refractivity contribution in [2.45, 2.75) is 31.8 Å². The summed E-state index contributed by atoms with van der Waals surface area (Å²) in [5, 5.41) is 3.61. The standard InChI is InChI=1S/C14H21NO2/c1-14(2)10-17-9-12(15-14)8-11-4-6-13(16-3)7-5-11/h4-7,12,15H,8-10H2,1-3H3. The van der Waals surface area contributed by atoms with E-state index >= 15 is 0 Å². The minimum Gasteiger partial charge on any atom is -0.497 e. The van der Waals surface area contributed by atoms with Crippen LogP contribution in [0, 0.1) is 0 Å². The predicted octanol–water partition coefficient (Wildman–Crippen LogP) is 2.00. The van der Waals surface area contributed by atoms with Crippen LogP contribution in [0.1, 0.15) is 19.4 Å². The van der Waals surface area contributed by atoms with Gasteiger partial charge in [0.1, 0.15) is 5.75 Å². The summed E-state index contributed by atoms with van der Waals surface area (Å²) < 4.78 is 10.8. The Morgan fingerprint density at radius 1 is 1.35 bits per heavy atom. The van der Waals surface area contributed by atoms with Gasteiger partial charge in [0, 0.05) is 11.6 Å². The summed E-state index contributed by atoms with van der Waals surface area (Å²) in [5.74, 6) is 0.905. The largest absolute Gasteiger partial charge is 0.497 e. The maximum Gasteiger partial charge on any atom is 0.118 e. The van der Waals surface area contributed by atoms with Gasteiger partial charge in [0.2, 0.25) is 0 Å². The molecule has 0 saturated carbocycles. The van der Waals surface area contributed by atoms with Crippen LogP contribution in [0.2, 0.25) is 0 Å². The Labute approximate surface area is 103 Å². The number of nitrogens with one attached hydrogen (secondary N) is 1. The summed E-state index contributed by atoms with van der Waals surface area (Å²) in [6.45, 7) is 5.92. The monoisotopic (exact) mass is 235 g/mol. The van der Waals surface area contributed by atoms with E-state index in [1.807, 2.05) is 12.1 Å². The number of ether oxygens (including phenoxy) is 2. The van der Waals surface area contributed by atoms with E-state index in [4.69, 9.17) is 9.47 Å². The highest BCUT2D eigenvalue weighted by molar-refractivity contribution is 5.27. The van der Waals surface area contributed by atoms with Gasteiger partial charge in [0.15, 0.2) is 0 Å². The van der Waals surface area contributed by atoms with Crippen molar-refractivity contribution in [1.82, 2.24) is 5.32 Å².